The van der Waals surface area contributed by atoms with Crippen molar-refractivity contribution in [1.82, 2.24) is 15.0 Å². The summed E-state index contributed by atoms with van der Waals surface area (Å²) < 4.78 is 6.19. The van der Waals surface area contributed by atoms with Gasteiger partial charge in [-0.1, -0.05) is 84.4 Å². The molecule has 2 unspecified atom stereocenters. The van der Waals surface area contributed by atoms with Crippen molar-refractivity contribution in [3.63, 3.8) is 0 Å². The van der Waals surface area contributed by atoms with E-state index in [2.05, 4.69) is 12.2 Å². The van der Waals surface area contributed by atoms with Crippen LogP contribution in [0.25, 0.3) is 28.3 Å². The van der Waals surface area contributed by atoms with Crippen molar-refractivity contribution in [2.24, 2.45) is 0 Å². The number of hydrogen-bond donors (Lipinski definition) is 0. The molecule has 1 aliphatic carbocycles. The van der Waals surface area contributed by atoms with Gasteiger partial charge in [-0.05, 0) is 24.3 Å². The molecule has 0 bridgehead atoms. The van der Waals surface area contributed by atoms with E-state index in [1.54, 1.807) is 0 Å². The lowest BCUT2D eigenvalue weighted by Crippen LogP contribution is -2.20. The SMILES string of the molecule is Clc1ccc2c(c1)C1C(c3nc(-c4ccccc4)nc(-c4ccccc4)n3)=CC=CC1O2. The standard InChI is InChI=1S/C27H18ClN3O/c28-19-14-15-22-21(16-19)24-20(12-7-13-23(24)32-22)27-30-25(17-8-3-1-4-9-17)29-26(31-27)18-10-5-2-6-11-18/h1-16,23-24H. The molecule has 6 rings (SSSR count). The number of fused-ring (bicyclic) bond motifs is 3. The van der Waals surface area contributed by atoms with Crippen molar-refractivity contribution < 1.29 is 4.74 Å². The largest absolute Gasteiger partial charge is 0.485 e. The molecule has 4 aromatic rings. The van der Waals surface area contributed by atoms with Gasteiger partial charge in [-0.15, -0.1) is 0 Å². The van der Waals surface area contributed by atoms with E-state index in [-0.39, 0.29) is 12.0 Å². The lowest BCUT2D eigenvalue weighted by atomic mass is 9.84. The third-order valence-corrected chi connectivity index (χ3v) is 6.00. The minimum atomic E-state index is -0.111. The van der Waals surface area contributed by atoms with Crippen molar-refractivity contribution in [3.8, 4) is 28.5 Å². The summed E-state index contributed by atoms with van der Waals surface area (Å²) in [4.78, 5) is 14.6. The number of allylic oxidation sites excluding steroid dienone is 2. The Balaban J connectivity index is 1.53. The van der Waals surface area contributed by atoms with Crippen LogP contribution in [0.1, 0.15) is 17.3 Å². The molecule has 1 aromatic heterocycles. The van der Waals surface area contributed by atoms with Gasteiger partial charge in [-0.2, -0.15) is 0 Å². The first-order valence-corrected chi connectivity index (χ1v) is 10.9. The van der Waals surface area contributed by atoms with E-state index >= 15 is 0 Å². The minimum absolute atomic E-state index is 0.0247. The number of ether oxygens (including phenoxy) is 1. The summed E-state index contributed by atoms with van der Waals surface area (Å²) in [5, 5.41) is 0.687. The number of hydrogen-bond acceptors (Lipinski definition) is 4. The Morgan fingerprint density at radius 3 is 2.00 bits per heavy atom. The van der Waals surface area contributed by atoms with Crippen LogP contribution in [0.3, 0.4) is 0 Å². The quantitative estimate of drug-likeness (QED) is 0.376. The molecular weight excluding hydrogens is 418 g/mol. The Bertz CT molecular complexity index is 1310. The highest BCUT2D eigenvalue weighted by atomic mass is 35.5. The summed E-state index contributed by atoms with van der Waals surface area (Å²) in [5.41, 5.74) is 3.95. The smallest absolute Gasteiger partial charge is 0.164 e. The van der Waals surface area contributed by atoms with Crippen LogP contribution >= 0.6 is 11.6 Å². The van der Waals surface area contributed by atoms with Gasteiger partial charge in [0.1, 0.15) is 11.9 Å². The number of aromatic nitrogens is 3. The second kappa shape index (κ2) is 7.74. The fourth-order valence-electron chi connectivity index (χ4n) is 4.28. The molecule has 0 spiro atoms. The molecule has 4 nitrogen and oxygen atoms in total. The van der Waals surface area contributed by atoms with Crippen molar-refractivity contribution in [2.45, 2.75) is 12.0 Å². The van der Waals surface area contributed by atoms with Crippen LogP contribution in [0.5, 0.6) is 5.75 Å². The maximum atomic E-state index is 6.32. The molecule has 5 heteroatoms. The number of benzene rings is 3. The van der Waals surface area contributed by atoms with E-state index in [1.165, 1.54) is 0 Å². The van der Waals surface area contributed by atoms with Gasteiger partial charge >= 0.3 is 0 Å². The maximum Gasteiger partial charge on any atom is 0.164 e. The highest BCUT2D eigenvalue weighted by molar-refractivity contribution is 6.30. The summed E-state index contributed by atoms with van der Waals surface area (Å²) in [5.74, 6) is 2.76. The van der Waals surface area contributed by atoms with Crippen LogP contribution in [0.2, 0.25) is 5.02 Å². The van der Waals surface area contributed by atoms with Gasteiger partial charge in [-0.3, -0.25) is 0 Å². The fraction of sp³-hybridized carbons (Fsp3) is 0.0741. The maximum absolute atomic E-state index is 6.32. The first-order chi connectivity index (χ1) is 15.8. The first kappa shape index (κ1) is 19.0. The molecule has 2 atom stereocenters. The molecule has 0 saturated carbocycles. The molecule has 0 amide bonds. The minimum Gasteiger partial charge on any atom is -0.485 e. The summed E-state index contributed by atoms with van der Waals surface area (Å²) in [6, 6.07) is 25.7. The van der Waals surface area contributed by atoms with Crippen molar-refractivity contribution in [1.29, 1.82) is 0 Å². The Hall–Kier alpha value is -3.76. The summed E-state index contributed by atoms with van der Waals surface area (Å²) in [7, 11) is 0. The molecule has 0 fully saturated rings. The van der Waals surface area contributed by atoms with Gasteiger partial charge in [0.05, 0.1) is 5.92 Å². The van der Waals surface area contributed by atoms with Crippen LogP contribution < -0.4 is 4.74 Å². The first-order valence-electron chi connectivity index (χ1n) is 10.5. The van der Waals surface area contributed by atoms with E-state index in [0.717, 1.165) is 28.0 Å². The van der Waals surface area contributed by atoms with E-state index < -0.39 is 0 Å². The molecular formula is C27H18ClN3O. The van der Waals surface area contributed by atoms with Crippen molar-refractivity contribution in [2.75, 3.05) is 0 Å². The lowest BCUT2D eigenvalue weighted by Gasteiger charge is -2.22. The zero-order chi connectivity index (χ0) is 21.5. The Morgan fingerprint density at radius 1 is 0.719 bits per heavy atom. The summed E-state index contributed by atoms with van der Waals surface area (Å²) in [6.07, 6.45) is 6.04. The monoisotopic (exact) mass is 435 g/mol. The Morgan fingerprint density at radius 2 is 1.34 bits per heavy atom. The number of nitrogens with zero attached hydrogens (tertiary/aromatic N) is 3. The van der Waals surface area contributed by atoms with Crippen LogP contribution in [-0.4, -0.2) is 21.1 Å². The number of rotatable bonds is 3. The molecule has 32 heavy (non-hydrogen) atoms. The average molecular weight is 436 g/mol. The molecule has 154 valence electrons. The van der Waals surface area contributed by atoms with Gasteiger partial charge < -0.3 is 4.74 Å². The van der Waals surface area contributed by atoms with Crippen LogP contribution in [-0.2, 0) is 0 Å². The molecule has 0 radical (unpaired) electrons. The predicted octanol–water partition coefficient (Wildman–Crippen LogP) is 6.36. The van der Waals surface area contributed by atoms with Gasteiger partial charge in [0, 0.05) is 27.3 Å². The van der Waals surface area contributed by atoms with Crippen molar-refractivity contribution >= 4 is 17.2 Å². The second-order valence-electron chi connectivity index (χ2n) is 7.79. The molecule has 0 saturated heterocycles. The third kappa shape index (κ3) is 3.29. The fourth-order valence-corrected chi connectivity index (χ4v) is 4.46. The molecule has 1 aliphatic heterocycles. The van der Waals surface area contributed by atoms with Crippen molar-refractivity contribution in [3.05, 3.63) is 114 Å². The van der Waals surface area contributed by atoms with Gasteiger partial charge in [0.15, 0.2) is 17.5 Å². The predicted molar refractivity (Wildman–Crippen MR) is 126 cm³/mol. The lowest BCUT2D eigenvalue weighted by molar-refractivity contribution is 0.271. The molecule has 0 N–H and O–H groups in total. The van der Waals surface area contributed by atoms with E-state index in [0.29, 0.717) is 22.5 Å². The van der Waals surface area contributed by atoms with Gasteiger partial charge in [-0.25, -0.2) is 15.0 Å². The van der Waals surface area contributed by atoms with Crippen LogP contribution in [0.4, 0.5) is 0 Å². The van der Waals surface area contributed by atoms with E-state index in [4.69, 9.17) is 31.3 Å². The van der Waals surface area contributed by atoms with E-state index in [9.17, 15) is 0 Å². The topological polar surface area (TPSA) is 47.9 Å². The number of halogens is 1. The Kier molecular flexibility index (Phi) is 4.58. The molecule has 2 heterocycles. The molecule has 3 aromatic carbocycles. The van der Waals surface area contributed by atoms with Crippen LogP contribution in [0.15, 0.2) is 97.1 Å². The van der Waals surface area contributed by atoms with Crippen LogP contribution in [0, 0.1) is 0 Å². The second-order valence-corrected chi connectivity index (χ2v) is 8.22. The summed E-state index contributed by atoms with van der Waals surface area (Å²) in [6.45, 7) is 0. The van der Waals surface area contributed by atoms with E-state index in [1.807, 2.05) is 84.9 Å². The zero-order valence-corrected chi connectivity index (χ0v) is 17.8. The van der Waals surface area contributed by atoms with Gasteiger partial charge in [0.25, 0.3) is 0 Å². The highest BCUT2D eigenvalue weighted by Crippen LogP contribution is 2.48. The third-order valence-electron chi connectivity index (χ3n) is 5.77. The normalized spacial score (nSPS) is 18.5. The molecule has 2 aliphatic rings. The van der Waals surface area contributed by atoms with Gasteiger partial charge in [0.2, 0.25) is 0 Å². The zero-order valence-electron chi connectivity index (χ0n) is 17.0. The average Bonchev–Trinajstić information content (AvgIpc) is 3.23. The Labute approximate surface area is 190 Å². The highest BCUT2D eigenvalue weighted by Gasteiger charge is 2.38. The summed E-state index contributed by atoms with van der Waals surface area (Å²) >= 11 is 6.32.